The summed E-state index contributed by atoms with van der Waals surface area (Å²) in [7, 11) is 0. The quantitative estimate of drug-likeness (QED) is 0.871. The molecule has 0 bridgehead atoms. The van der Waals surface area contributed by atoms with Gasteiger partial charge in [0.2, 0.25) is 0 Å². The van der Waals surface area contributed by atoms with Gasteiger partial charge in [-0.25, -0.2) is 0 Å². The van der Waals surface area contributed by atoms with E-state index < -0.39 is 0 Å². The maximum Gasteiger partial charge on any atom is 0.279 e. The molecule has 0 heterocycles. The van der Waals surface area contributed by atoms with Crippen molar-refractivity contribution < 1.29 is 10.1 Å². The number of rotatable bonds is 5. The van der Waals surface area contributed by atoms with Crippen LogP contribution in [0.4, 0.5) is 5.69 Å². The highest BCUT2D eigenvalue weighted by atomic mass is 35.5. The van der Waals surface area contributed by atoms with Crippen molar-refractivity contribution in [2.24, 2.45) is 0 Å². The number of carbonyl (C=O) groups excluding carboxylic acids is 1. The van der Waals surface area contributed by atoms with Gasteiger partial charge >= 0.3 is 0 Å². The number of hydrogen-bond acceptors (Lipinski definition) is 1. The van der Waals surface area contributed by atoms with Crippen molar-refractivity contribution in [2.45, 2.75) is 13.0 Å². The minimum atomic E-state index is -0.0638. The second kappa shape index (κ2) is 7.46. The van der Waals surface area contributed by atoms with Crippen molar-refractivity contribution in [1.82, 2.24) is 0 Å². The molecule has 0 saturated carbocycles. The molecule has 0 fully saturated rings. The fourth-order valence-corrected chi connectivity index (χ4v) is 2.38. The smallest absolute Gasteiger partial charge is 0.279 e. The van der Waals surface area contributed by atoms with E-state index in [0.717, 1.165) is 5.56 Å². The Morgan fingerprint density at radius 3 is 2.48 bits per heavy atom. The maximum absolute atomic E-state index is 11.9. The summed E-state index contributed by atoms with van der Waals surface area (Å²) in [6.07, 6.45) is 0. The Morgan fingerprint density at radius 2 is 1.81 bits per heavy atom. The first-order valence-corrected chi connectivity index (χ1v) is 7.44. The zero-order valence-electron chi connectivity index (χ0n) is 11.6. The molecule has 3 nitrogen and oxygen atoms in total. The van der Waals surface area contributed by atoms with E-state index in [1.54, 1.807) is 18.2 Å². The largest absolute Gasteiger partial charge is 0.333 e. The lowest BCUT2D eigenvalue weighted by atomic mass is 10.1. The molecule has 3 N–H and O–H groups in total. The number of anilines is 1. The van der Waals surface area contributed by atoms with Crippen molar-refractivity contribution in [3.8, 4) is 0 Å². The average Bonchev–Trinajstić information content (AvgIpc) is 2.45. The van der Waals surface area contributed by atoms with E-state index in [0.29, 0.717) is 22.3 Å². The van der Waals surface area contributed by atoms with Crippen LogP contribution in [0.1, 0.15) is 18.5 Å². The van der Waals surface area contributed by atoms with E-state index in [1.807, 2.05) is 42.6 Å². The summed E-state index contributed by atoms with van der Waals surface area (Å²) in [5, 5.41) is 6.09. The number of benzene rings is 2. The molecule has 0 unspecified atom stereocenters. The fourth-order valence-electron chi connectivity index (χ4n) is 1.99. The number of hydrogen-bond donors (Lipinski definition) is 2. The number of nitrogens with two attached hydrogens (primary N) is 1. The molecule has 1 atom stereocenters. The van der Waals surface area contributed by atoms with Crippen LogP contribution in [0, 0.1) is 0 Å². The number of amides is 1. The molecular weight excluding hydrogens is 307 g/mol. The third-order valence-electron chi connectivity index (χ3n) is 3.14. The van der Waals surface area contributed by atoms with Gasteiger partial charge in [0.1, 0.15) is 6.04 Å². The van der Waals surface area contributed by atoms with Crippen molar-refractivity contribution in [2.75, 3.05) is 11.9 Å². The molecule has 0 aromatic heterocycles. The predicted octanol–water partition coefficient (Wildman–Crippen LogP) is 3.26. The van der Waals surface area contributed by atoms with Gasteiger partial charge in [0.25, 0.3) is 5.91 Å². The first-order valence-electron chi connectivity index (χ1n) is 6.69. The van der Waals surface area contributed by atoms with Gasteiger partial charge in [-0.15, -0.1) is 0 Å². The van der Waals surface area contributed by atoms with Crippen molar-refractivity contribution in [3.05, 3.63) is 64.1 Å². The Kier molecular flexibility index (Phi) is 5.62. The summed E-state index contributed by atoms with van der Waals surface area (Å²) in [5.74, 6) is -0.0638. The molecule has 0 spiro atoms. The highest BCUT2D eigenvalue weighted by Gasteiger charge is 2.12. The van der Waals surface area contributed by atoms with Crippen LogP contribution < -0.4 is 10.6 Å². The molecule has 0 aliphatic carbocycles. The lowest BCUT2D eigenvalue weighted by Crippen LogP contribution is -2.86. The molecule has 2 aromatic rings. The first kappa shape index (κ1) is 15.8. The van der Waals surface area contributed by atoms with Gasteiger partial charge < -0.3 is 10.6 Å². The Hall–Kier alpha value is -1.55. The summed E-state index contributed by atoms with van der Waals surface area (Å²) in [4.78, 5) is 11.9. The highest BCUT2D eigenvalue weighted by Crippen LogP contribution is 2.15. The molecule has 21 heavy (non-hydrogen) atoms. The van der Waals surface area contributed by atoms with Gasteiger partial charge in [0, 0.05) is 21.3 Å². The number of nitrogens with one attached hydrogen (secondary N) is 1. The molecule has 2 aromatic carbocycles. The van der Waals surface area contributed by atoms with Gasteiger partial charge in [-0.2, -0.15) is 0 Å². The monoisotopic (exact) mass is 323 g/mol. The molecule has 1 amide bonds. The zero-order chi connectivity index (χ0) is 15.2. The third-order valence-corrected chi connectivity index (χ3v) is 3.61. The zero-order valence-corrected chi connectivity index (χ0v) is 13.2. The van der Waals surface area contributed by atoms with Gasteiger partial charge in [0.05, 0.1) is 0 Å². The number of carbonyl (C=O) groups is 1. The van der Waals surface area contributed by atoms with Crippen LogP contribution in [0.5, 0.6) is 0 Å². The van der Waals surface area contributed by atoms with Crippen molar-refractivity contribution in [1.29, 1.82) is 0 Å². The maximum atomic E-state index is 11.9. The van der Waals surface area contributed by atoms with E-state index in [1.165, 1.54) is 0 Å². The molecule has 0 aliphatic rings. The van der Waals surface area contributed by atoms with Crippen LogP contribution >= 0.6 is 23.2 Å². The Labute approximate surface area is 134 Å². The minimum Gasteiger partial charge on any atom is -0.333 e. The average molecular weight is 324 g/mol. The molecular formula is C16H17Cl2N2O+. The summed E-state index contributed by atoms with van der Waals surface area (Å²) in [6.45, 7) is 2.37. The van der Waals surface area contributed by atoms with Crippen LogP contribution in [-0.2, 0) is 4.79 Å². The first-order chi connectivity index (χ1) is 10.0. The Balaban J connectivity index is 1.86. The van der Waals surface area contributed by atoms with E-state index in [9.17, 15) is 4.79 Å². The summed E-state index contributed by atoms with van der Waals surface area (Å²) in [6, 6.07) is 14.9. The molecule has 2 rings (SSSR count). The van der Waals surface area contributed by atoms with Crippen LogP contribution in [0.25, 0.3) is 0 Å². The molecule has 0 aliphatic heterocycles. The van der Waals surface area contributed by atoms with E-state index in [4.69, 9.17) is 23.2 Å². The second-order valence-corrected chi connectivity index (χ2v) is 5.71. The minimum absolute atomic E-state index is 0.0638. The van der Waals surface area contributed by atoms with Gasteiger partial charge in [-0.05, 0) is 37.3 Å². The van der Waals surface area contributed by atoms with Gasteiger partial charge in [-0.1, -0.05) is 41.4 Å². The van der Waals surface area contributed by atoms with Crippen LogP contribution in [0.2, 0.25) is 10.0 Å². The van der Waals surface area contributed by atoms with Crippen LogP contribution in [0.15, 0.2) is 48.5 Å². The lowest BCUT2D eigenvalue weighted by Gasteiger charge is -2.11. The fraction of sp³-hybridized carbons (Fsp3) is 0.188. The third kappa shape index (κ3) is 5.05. The van der Waals surface area contributed by atoms with E-state index in [-0.39, 0.29) is 11.9 Å². The molecule has 0 saturated heterocycles. The van der Waals surface area contributed by atoms with Crippen LogP contribution in [-0.4, -0.2) is 12.5 Å². The lowest BCUT2D eigenvalue weighted by molar-refractivity contribution is -0.682. The molecule has 0 radical (unpaired) electrons. The second-order valence-electron chi connectivity index (χ2n) is 4.84. The van der Waals surface area contributed by atoms with Crippen LogP contribution in [0.3, 0.4) is 0 Å². The summed E-state index contributed by atoms with van der Waals surface area (Å²) in [5.41, 5.74) is 1.80. The number of halogens is 2. The highest BCUT2D eigenvalue weighted by molar-refractivity contribution is 6.31. The van der Waals surface area contributed by atoms with Crippen molar-refractivity contribution in [3.63, 3.8) is 0 Å². The van der Waals surface area contributed by atoms with E-state index >= 15 is 0 Å². The SMILES string of the molecule is C[C@H]([NH2+]CC(=O)Nc1cccc(Cl)c1)c1cccc(Cl)c1. The summed E-state index contributed by atoms with van der Waals surface area (Å²) < 4.78 is 0. The predicted molar refractivity (Wildman–Crippen MR) is 86.7 cm³/mol. The topological polar surface area (TPSA) is 45.7 Å². The molecule has 5 heteroatoms. The normalized spacial score (nSPS) is 12.0. The molecule has 110 valence electrons. The Bertz CT molecular complexity index is 631. The standard InChI is InChI=1S/C16H16Cl2N2O/c1-11(12-4-2-5-13(17)8-12)19-10-16(21)20-15-7-3-6-14(18)9-15/h2-9,11,19H,10H2,1H3,(H,20,21)/p+1/t11-/m0/s1. The van der Waals surface area contributed by atoms with E-state index in [2.05, 4.69) is 5.32 Å². The summed E-state index contributed by atoms with van der Waals surface area (Å²) >= 11 is 11.8. The van der Waals surface area contributed by atoms with Gasteiger partial charge in [0.15, 0.2) is 6.54 Å². The number of quaternary nitrogens is 1. The Morgan fingerprint density at radius 1 is 1.14 bits per heavy atom. The van der Waals surface area contributed by atoms with Crippen molar-refractivity contribution >= 4 is 34.8 Å². The van der Waals surface area contributed by atoms with Gasteiger partial charge in [-0.3, -0.25) is 4.79 Å².